The minimum absolute atomic E-state index is 0.216. The van der Waals surface area contributed by atoms with E-state index in [4.69, 9.17) is 4.74 Å². The monoisotopic (exact) mass is 368 g/mol. The maximum Gasteiger partial charge on any atom is 0.254 e. The van der Waals surface area contributed by atoms with Gasteiger partial charge in [0, 0.05) is 6.20 Å². The zero-order valence-corrected chi connectivity index (χ0v) is 15.0. The van der Waals surface area contributed by atoms with Crippen molar-refractivity contribution in [1.29, 1.82) is 0 Å². The normalized spacial score (nSPS) is 11.0. The molecule has 9 heteroatoms. The van der Waals surface area contributed by atoms with Crippen LogP contribution in [-0.4, -0.2) is 37.4 Å². The Bertz CT molecular complexity index is 1050. The zero-order valence-electron chi connectivity index (χ0n) is 14.2. The van der Waals surface area contributed by atoms with Crippen LogP contribution in [0.5, 0.6) is 5.75 Å². The molecule has 0 saturated carbocycles. The lowest BCUT2D eigenvalue weighted by Gasteiger charge is -2.07. The van der Waals surface area contributed by atoms with Crippen molar-refractivity contribution >= 4 is 22.2 Å². The molecule has 4 rings (SSSR count). The maximum absolute atomic E-state index is 12.4. The molecule has 3 heterocycles. The van der Waals surface area contributed by atoms with Crippen molar-refractivity contribution in [3.8, 4) is 11.4 Å². The minimum Gasteiger partial charge on any atom is -0.494 e. The summed E-state index contributed by atoms with van der Waals surface area (Å²) in [5, 5.41) is 12.4. The van der Waals surface area contributed by atoms with E-state index in [2.05, 4.69) is 20.5 Å². The fraction of sp³-hybridized carbons (Fsp3) is 0.176. The highest BCUT2D eigenvalue weighted by atomic mass is 32.1. The van der Waals surface area contributed by atoms with E-state index >= 15 is 0 Å². The Morgan fingerprint density at radius 2 is 2.15 bits per heavy atom. The highest BCUT2D eigenvalue weighted by Crippen LogP contribution is 2.21. The summed E-state index contributed by atoms with van der Waals surface area (Å²) in [6.45, 7) is 2.26. The molecule has 8 nitrogen and oxygen atoms in total. The first kappa shape index (κ1) is 16.3. The number of benzene rings is 1. The summed E-state index contributed by atoms with van der Waals surface area (Å²) in [5.74, 6) is 0.468. The average molecular weight is 368 g/mol. The molecule has 0 atom stereocenters. The smallest absolute Gasteiger partial charge is 0.254 e. The molecular formula is C17H16N6O2S. The number of carbonyl (C=O) groups excluding carboxylic acids is 1. The molecule has 1 aromatic carbocycles. The van der Waals surface area contributed by atoms with E-state index in [1.165, 1.54) is 17.5 Å². The van der Waals surface area contributed by atoms with Crippen LogP contribution in [0.4, 0.5) is 0 Å². The molecule has 4 aromatic rings. The second-order valence-corrected chi connectivity index (χ2v) is 6.77. The van der Waals surface area contributed by atoms with E-state index in [1.54, 1.807) is 22.5 Å². The summed E-state index contributed by atoms with van der Waals surface area (Å²) in [5.41, 5.74) is 1.99. The first-order valence-corrected chi connectivity index (χ1v) is 8.73. The van der Waals surface area contributed by atoms with Crippen LogP contribution in [0.2, 0.25) is 0 Å². The van der Waals surface area contributed by atoms with Gasteiger partial charge in [0.1, 0.15) is 16.4 Å². The fourth-order valence-electron chi connectivity index (χ4n) is 2.59. The Hall–Kier alpha value is -3.20. The standard InChI is InChI=1S/C17H16N6O2S/c1-11-21-23-10-13(20-17(23)26-11)8-18-16(24)12-7-19-22(9-12)14-5-3-4-6-15(14)25-2/h3-7,9-10H,8H2,1-2H3,(H,18,24). The number of ether oxygens (including phenoxy) is 1. The number of aromatic nitrogens is 5. The Morgan fingerprint density at radius 1 is 1.31 bits per heavy atom. The third-order valence-electron chi connectivity index (χ3n) is 3.80. The van der Waals surface area contributed by atoms with Crippen molar-refractivity contribution in [2.24, 2.45) is 0 Å². The van der Waals surface area contributed by atoms with Gasteiger partial charge in [0.15, 0.2) is 0 Å². The first-order chi connectivity index (χ1) is 12.6. The average Bonchev–Trinajstić information content (AvgIpc) is 3.34. The van der Waals surface area contributed by atoms with Gasteiger partial charge in [-0.05, 0) is 19.1 Å². The molecule has 0 aliphatic rings. The second-order valence-electron chi connectivity index (χ2n) is 5.61. The van der Waals surface area contributed by atoms with Gasteiger partial charge in [-0.1, -0.05) is 23.5 Å². The third-order valence-corrected chi connectivity index (χ3v) is 4.64. The van der Waals surface area contributed by atoms with Crippen molar-refractivity contribution in [2.75, 3.05) is 7.11 Å². The Labute approximate surface area is 153 Å². The van der Waals surface area contributed by atoms with E-state index < -0.39 is 0 Å². The fourth-order valence-corrected chi connectivity index (χ4v) is 3.34. The number of nitrogens with one attached hydrogen (secondary N) is 1. The molecule has 1 amide bonds. The minimum atomic E-state index is -0.216. The van der Waals surface area contributed by atoms with Gasteiger partial charge >= 0.3 is 0 Å². The number of carbonyl (C=O) groups is 1. The molecule has 26 heavy (non-hydrogen) atoms. The Morgan fingerprint density at radius 3 is 2.96 bits per heavy atom. The summed E-state index contributed by atoms with van der Waals surface area (Å²) < 4.78 is 8.67. The van der Waals surface area contributed by atoms with Gasteiger partial charge in [0.25, 0.3) is 5.91 Å². The van der Waals surface area contributed by atoms with Gasteiger partial charge in [-0.25, -0.2) is 14.2 Å². The van der Waals surface area contributed by atoms with Gasteiger partial charge in [-0.3, -0.25) is 4.79 Å². The molecular weight excluding hydrogens is 352 g/mol. The molecule has 0 aliphatic heterocycles. The van der Waals surface area contributed by atoms with Crippen molar-refractivity contribution in [3.63, 3.8) is 0 Å². The highest BCUT2D eigenvalue weighted by Gasteiger charge is 2.13. The van der Waals surface area contributed by atoms with Gasteiger partial charge in [0.2, 0.25) is 4.96 Å². The van der Waals surface area contributed by atoms with Crippen LogP contribution in [0.25, 0.3) is 10.6 Å². The van der Waals surface area contributed by atoms with Crippen LogP contribution in [0.15, 0.2) is 42.9 Å². The Kier molecular flexibility index (Phi) is 4.13. The van der Waals surface area contributed by atoms with E-state index in [0.717, 1.165) is 21.3 Å². The lowest BCUT2D eigenvalue weighted by molar-refractivity contribution is 0.0950. The molecule has 1 N–H and O–H groups in total. The molecule has 132 valence electrons. The van der Waals surface area contributed by atoms with Crippen molar-refractivity contribution in [1.82, 2.24) is 29.7 Å². The number of amides is 1. The van der Waals surface area contributed by atoms with Crippen molar-refractivity contribution in [3.05, 3.63) is 59.1 Å². The van der Waals surface area contributed by atoms with E-state index in [1.807, 2.05) is 37.4 Å². The lowest BCUT2D eigenvalue weighted by atomic mass is 10.3. The highest BCUT2D eigenvalue weighted by molar-refractivity contribution is 7.16. The summed E-state index contributed by atoms with van der Waals surface area (Å²) in [4.78, 5) is 17.6. The number of methoxy groups -OCH3 is 1. The van der Waals surface area contributed by atoms with E-state index in [9.17, 15) is 4.79 Å². The van der Waals surface area contributed by atoms with Crippen LogP contribution >= 0.6 is 11.3 Å². The van der Waals surface area contributed by atoms with Crippen molar-refractivity contribution in [2.45, 2.75) is 13.5 Å². The van der Waals surface area contributed by atoms with Gasteiger partial charge in [-0.2, -0.15) is 10.2 Å². The first-order valence-electron chi connectivity index (χ1n) is 7.92. The van der Waals surface area contributed by atoms with Gasteiger partial charge < -0.3 is 10.1 Å². The van der Waals surface area contributed by atoms with Gasteiger partial charge in [0.05, 0.1) is 37.3 Å². The lowest BCUT2D eigenvalue weighted by Crippen LogP contribution is -2.22. The van der Waals surface area contributed by atoms with Crippen LogP contribution < -0.4 is 10.1 Å². The zero-order chi connectivity index (χ0) is 18.1. The third kappa shape index (κ3) is 3.04. The van der Waals surface area contributed by atoms with E-state index in [0.29, 0.717) is 17.9 Å². The molecule has 0 aliphatic carbocycles. The van der Waals surface area contributed by atoms with E-state index in [-0.39, 0.29) is 5.91 Å². The number of hydrogen-bond donors (Lipinski definition) is 1. The molecule has 0 bridgehead atoms. The quantitative estimate of drug-likeness (QED) is 0.584. The van der Waals surface area contributed by atoms with Gasteiger partial charge in [-0.15, -0.1) is 0 Å². The summed E-state index contributed by atoms with van der Waals surface area (Å²) >= 11 is 1.51. The SMILES string of the molecule is COc1ccccc1-n1cc(C(=O)NCc2cn3nc(C)sc3n2)cn1. The Balaban J connectivity index is 1.46. The summed E-state index contributed by atoms with van der Waals surface area (Å²) in [7, 11) is 1.60. The summed E-state index contributed by atoms with van der Waals surface area (Å²) in [6, 6.07) is 7.49. The number of rotatable bonds is 5. The number of hydrogen-bond acceptors (Lipinski definition) is 6. The number of aryl methyl sites for hydroxylation is 1. The van der Waals surface area contributed by atoms with Crippen LogP contribution in [0, 0.1) is 6.92 Å². The van der Waals surface area contributed by atoms with Crippen LogP contribution in [0.1, 0.15) is 21.1 Å². The predicted octanol–water partition coefficient (Wildman–Crippen LogP) is 2.22. The molecule has 0 saturated heterocycles. The summed E-state index contributed by atoms with van der Waals surface area (Å²) in [6.07, 6.45) is 5.01. The topological polar surface area (TPSA) is 86.3 Å². The van der Waals surface area contributed by atoms with Crippen LogP contribution in [-0.2, 0) is 6.54 Å². The molecule has 0 radical (unpaired) electrons. The second kappa shape index (κ2) is 6.60. The molecule has 3 aromatic heterocycles. The predicted molar refractivity (Wildman–Crippen MR) is 96.9 cm³/mol. The number of nitrogens with zero attached hydrogens (tertiary/aromatic N) is 5. The molecule has 0 spiro atoms. The number of para-hydroxylation sites is 2. The van der Waals surface area contributed by atoms with Crippen molar-refractivity contribution < 1.29 is 9.53 Å². The number of fused-ring (bicyclic) bond motifs is 1. The number of imidazole rings is 1. The molecule has 0 unspecified atom stereocenters. The molecule has 0 fully saturated rings. The van der Waals surface area contributed by atoms with Crippen LogP contribution in [0.3, 0.4) is 0 Å². The largest absolute Gasteiger partial charge is 0.494 e. The maximum atomic E-state index is 12.4.